The zero-order valence-electron chi connectivity index (χ0n) is 14.4. The first-order chi connectivity index (χ1) is 12.6. The van der Waals surface area contributed by atoms with E-state index >= 15 is 0 Å². The van der Waals surface area contributed by atoms with E-state index in [-0.39, 0.29) is 42.3 Å². The third-order valence-electron chi connectivity index (χ3n) is 4.34. The van der Waals surface area contributed by atoms with Crippen molar-refractivity contribution in [1.82, 2.24) is 10.2 Å². The van der Waals surface area contributed by atoms with E-state index in [9.17, 15) is 14.9 Å². The van der Waals surface area contributed by atoms with Crippen LogP contribution in [-0.4, -0.2) is 41.9 Å². The van der Waals surface area contributed by atoms with Gasteiger partial charge in [-0.2, -0.15) is 0 Å². The number of hydrogen-bond acceptors (Lipinski definition) is 5. The van der Waals surface area contributed by atoms with Crippen molar-refractivity contribution in [2.24, 2.45) is 0 Å². The molecule has 7 nitrogen and oxygen atoms in total. The summed E-state index contributed by atoms with van der Waals surface area (Å²) in [7, 11) is 0. The second kappa shape index (κ2) is 9.66. The van der Waals surface area contributed by atoms with Gasteiger partial charge in [-0.3, -0.25) is 19.8 Å². The van der Waals surface area contributed by atoms with Gasteiger partial charge in [-0.15, -0.1) is 12.4 Å². The molecule has 2 aromatic rings. The normalized spacial score (nSPS) is 17.0. The Kier molecular flexibility index (Phi) is 7.55. The Morgan fingerprint density at radius 2 is 1.96 bits per heavy atom. The highest BCUT2D eigenvalue weighted by molar-refractivity contribution is 6.31. The van der Waals surface area contributed by atoms with E-state index in [1.807, 2.05) is 29.2 Å². The molecule has 1 aliphatic heterocycles. The summed E-state index contributed by atoms with van der Waals surface area (Å²) in [5.41, 5.74) is 1.04. The fourth-order valence-electron chi connectivity index (χ4n) is 3.10. The van der Waals surface area contributed by atoms with Crippen LogP contribution < -0.4 is 10.6 Å². The molecule has 144 valence electrons. The first kappa shape index (κ1) is 21.1. The molecule has 1 aliphatic rings. The summed E-state index contributed by atoms with van der Waals surface area (Å²) in [4.78, 5) is 25.1. The molecule has 1 fully saturated rings. The Bertz CT molecular complexity index is 819. The van der Waals surface area contributed by atoms with Crippen molar-refractivity contribution in [3.63, 3.8) is 0 Å². The summed E-state index contributed by atoms with van der Waals surface area (Å²) in [6, 6.07) is 13.7. The van der Waals surface area contributed by atoms with Gasteiger partial charge < -0.3 is 10.6 Å². The fraction of sp³-hybridized carbons (Fsp3) is 0.278. The minimum Gasteiger partial charge on any atom is -0.319 e. The Balaban J connectivity index is 0.00000261. The molecule has 1 atom stereocenters. The average molecular weight is 411 g/mol. The second-order valence-electron chi connectivity index (χ2n) is 6.03. The Hall–Kier alpha value is -2.19. The molecular formula is C18H20Cl2N4O3. The maximum absolute atomic E-state index is 12.5. The van der Waals surface area contributed by atoms with Crippen molar-refractivity contribution in [3.05, 3.63) is 69.2 Å². The average Bonchev–Trinajstić information content (AvgIpc) is 2.63. The number of piperazine rings is 1. The van der Waals surface area contributed by atoms with E-state index in [1.165, 1.54) is 12.1 Å². The molecule has 0 saturated carbocycles. The van der Waals surface area contributed by atoms with Crippen molar-refractivity contribution >= 4 is 41.3 Å². The lowest BCUT2D eigenvalue weighted by molar-refractivity contribution is -0.383. The first-order valence-corrected chi connectivity index (χ1v) is 8.66. The van der Waals surface area contributed by atoms with E-state index < -0.39 is 4.92 Å². The van der Waals surface area contributed by atoms with Crippen LogP contribution in [0.25, 0.3) is 0 Å². The molecule has 0 aromatic heterocycles. The van der Waals surface area contributed by atoms with E-state index in [1.54, 1.807) is 12.1 Å². The second-order valence-corrected chi connectivity index (χ2v) is 6.44. The monoisotopic (exact) mass is 410 g/mol. The van der Waals surface area contributed by atoms with Crippen molar-refractivity contribution < 1.29 is 9.72 Å². The molecule has 0 radical (unpaired) electrons. The van der Waals surface area contributed by atoms with Gasteiger partial charge >= 0.3 is 0 Å². The molecule has 1 saturated heterocycles. The number of hydrogen-bond donors (Lipinski definition) is 2. The number of para-hydroxylation sites is 2. The molecule has 1 heterocycles. The van der Waals surface area contributed by atoms with Gasteiger partial charge in [0.2, 0.25) is 5.91 Å². The summed E-state index contributed by atoms with van der Waals surface area (Å²) >= 11 is 6.31. The first-order valence-electron chi connectivity index (χ1n) is 8.28. The van der Waals surface area contributed by atoms with Gasteiger partial charge in [0, 0.05) is 36.8 Å². The number of halogens is 2. The summed E-state index contributed by atoms with van der Waals surface area (Å²) in [5.74, 6) is -0.293. The molecule has 2 aromatic carbocycles. The summed E-state index contributed by atoms with van der Waals surface area (Å²) in [6.07, 6.45) is 0. The molecule has 0 spiro atoms. The third kappa shape index (κ3) is 5.17. The minimum absolute atomic E-state index is 0. The van der Waals surface area contributed by atoms with Crippen LogP contribution in [0.4, 0.5) is 11.4 Å². The molecule has 3 rings (SSSR count). The van der Waals surface area contributed by atoms with Gasteiger partial charge in [0.1, 0.15) is 5.69 Å². The van der Waals surface area contributed by atoms with Gasteiger partial charge in [-0.05, 0) is 17.7 Å². The molecular weight excluding hydrogens is 391 g/mol. The van der Waals surface area contributed by atoms with Gasteiger partial charge in [0.05, 0.1) is 11.5 Å². The molecule has 1 amide bonds. The van der Waals surface area contributed by atoms with E-state index in [4.69, 9.17) is 11.6 Å². The van der Waals surface area contributed by atoms with Crippen LogP contribution in [0.3, 0.4) is 0 Å². The van der Waals surface area contributed by atoms with Crippen LogP contribution in [0.1, 0.15) is 11.6 Å². The lowest BCUT2D eigenvalue weighted by Crippen LogP contribution is -2.48. The topological polar surface area (TPSA) is 87.5 Å². The molecule has 0 aliphatic carbocycles. The standard InChI is InChI=1S/C18H19ClN4O3.ClH/c19-14-6-2-1-5-13(14)17-11-20-9-10-22(17)12-18(24)21-15-7-3-4-8-16(15)23(25)26;/h1-8,17,20H,9-12H2,(H,21,24);1H. The van der Waals surface area contributed by atoms with Gasteiger partial charge in [-0.1, -0.05) is 41.9 Å². The zero-order chi connectivity index (χ0) is 18.5. The lowest BCUT2D eigenvalue weighted by atomic mass is 10.0. The quantitative estimate of drug-likeness (QED) is 0.583. The summed E-state index contributed by atoms with van der Waals surface area (Å²) in [6.45, 7) is 2.26. The van der Waals surface area contributed by atoms with Crippen LogP contribution >= 0.6 is 24.0 Å². The Morgan fingerprint density at radius 1 is 1.26 bits per heavy atom. The van der Waals surface area contributed by atoms with Crippen LogP contribution in [0.5, 0.6) is 0 Å². The number of anilines is 1. The largest absolute Gasteiger partial charge is 0.319 e. The number of nitrogens with zero attached hydrogens (tertiary/aromatic N) is 2. The fourth-order valence-corrected chi connectivity index (χ4v) is 3.36. The third-order valence-corrected chi connectivity index (χ3v) is 4.68. The van der Waals surface area contributed by atoms with Gasteiger partial charge in [-0.25, -0.2) is 0 Å². The van der Waals surface area contributed by atoms with E-state index in [0.29, 0.717) is 18.1 Å². The molecule has 27 heavy (non-hydrogen) atoms. The Labute approximate surface area is 168 Å². The van der Waals surface area contributed by atoms with Crippen LogP contribution in [0.15, 0.2) is 48.5 Å². The predicted octanol–water partition coefficient (Wildman–Crippen LogP) is 3.26. The van der Waals surface area contributed by atoms with Crippen molar-refractivity contribution in [1.29, 1.82) is 0 Å². The zero-order valence-corrected chi connectivity index (χ0v) is 16.0. The Morgan fingerprint density at radius 3 is 2.70 bits per heavy atom. The summed E-state index contributed by atoms with van der Waals surface area (Å²) in [5, 5.41) is 17.7. The number of nitrogens with one attached hydrogen (secondary N) is 2. The maximum Gasteiger partial charge on any atom is 0.292 e. The molecule has 1 unspecified atom stereocenters. The number of nitro benzene ring substituents is 1. The van der Waals surface area contributed by atoms with Crippen LogP contribution in [0.2, 0.25) is 5.02 Å². The molecule has 2 N–H and O–H groups in total. The van der Waals surface area contributed by atoms with Crippen LogP contribution in [-0.2, 0) is 4.79 Å². The van der Waals surface area contributed by atoms with Crippen molar-refractivity contribution in [3.8, 4) is 0 Å². The van der Waals surface area contributed by atoms with E-state index in [0.717, 1.165) is 12.1 Å². The SMILES string of the molecule is Cl.O=C(CN1CCNCC1c1ccccc1Cl)Nc1ccccc1[N+](=O)[O-]. The molecule has 9 heteroatoms. The predicted molar refractivity (Wildman–Crippen MR) is 108 cm³/mol. The van der Waals surface area contributed by atoms with Gasteiger partial charge in [0.25, 0.3) is 5.69 Å². The van der Waals surface area contributed by atoms with Crippen molar-refractivity contribution in [2.75, 3.05) is 31.5 Å². The van der Waals surface area contributed by atoms with Crippen LogP contribution in [0, 0.1) is 10.1 Å². The highest BCUT2D eigenvalue weighted by atomic mass is 35.5. The van der Waals surface area contributed by atoms with Gasteiger partial charge in [0.15, 0.2) is 0 Å². The number of benzene rings is 2. The minimum atomic E-state index is -0.507. The number of rotatable bonds is 5. The highest BCUT2D eigenvalue weighted by Gasteiger charge is 2.27. The number of carbonyl (C=O) groups is 1. The number of nitro groups is 1. The number of amides is 1. The summed E-state index contributed by atoms with van der Waals surface area (Å²) < 4.78 is 0. The lowest BCUT2D eigenvalue weighted by Gasteiger charge is -2.36. The maximum atomic E-state index is 12.5. The number of carbonyl (C=O) groups excluding carboxylic acids is 1. The molecule has 0 bridgehead atoms. The van der Waals surface area contributed by atoms with E-state index in [2.05, 4.69) is 10.6 Å². The smallest absolute Gasteiger partial charge is 0.292 e. The highest BCUT2D eigenvalue weighted by Crippen LogP contribution is 2.28. The van der Waals surface area contributed by atoms with Crippen molar-refractivity contribution in [2.45, 2.75) is 6.04 Å².